The van der Waals surface area contributed by atoms with Crippen molar-refractivity contribution in [2.24, 2.45) is 0 Å². The minimum Gasteiger partial charge on any atom is -0.316 e. The molecule has 1 aliphatic rings. The van der Waals surface area contributed by atoms with Crippen molar-refractivity contribution in [2.45, 2.75) is 23.8 Å². The van der Waals surface area contributed by atoms with Gasteiger partial charge in [-0.05, 0) is 48.5 Å². The first-order valence-corrected chi connectivity index (χ1v) is 8.56. The summed E-state index contributed by atoms with van der Waals surface area (Å²) < 4.78 is 28.6. The third-order valence-electron chi connectivity index (χ3n) is 3.86. The molecule has 1 aromatic heterocycles. The highest BCUT2D eigenvalue weighted by Crippen LogP contribution is 2.22. The van der Waals surface area contributed by atoms with Crippen molar-refractivity contribution >= 4 is 22.4 Å². The van der Waals surface area contributed by atoms with Crippen LogP contribution < -0.4 is 5.32 Å². The van der Waals surface area contributed by atoms with Crippen molar-refractivity contribution in [3.05, 3.63) is 30.6 Å². The van der Waals surface area contributed by atoms with Gasteiger partial charge in [0.15, 0.2) is 0 Å². The number of hydrogen-bond acceptors (Lipinski definition) is 6. The second-order valence-electron chi connectivity index (χ2n) is 5.24. The molecule has 0 aliphatic carbocycles. The van der Waals surface area contributed by atoms with Crippen LogP contribution >= 0.6 is 12.4 Å². The van der Waals surface area contributed by atoms with Crippen LogP contribution in [0.15, 0.2) is 35.5 Å². The number of hydrogen-bond donors (Lipinski definition) is 1. The van der Waals surface area contributed by atoms with E-state index in [9.17, 15) is 8.42 Å². The monoisotopic (exact) mass is 358 g/mol. The van der Waals surface area contributed by atoms with Crippen LogP contribution in [0.3, 0.4) is 0 Å². The predicted octanol–water partition coefficient (Wildman–Crippen LogP) is 0.457. The average molecular weight is 359 g/mol. The minimum absolute atomic E-state index is 0. The van der Waals surface area contributed by atoms with Gasteiger partial charge >= 0.3 is 0 Å². The first-order chi connectivity index (χ1) is 10.6. The summed E-state index contributed by atoms with van der Waals surface area (Å²) in [5.41, 5.74) is 0.619. The molecule has 2 aromatic rings. The van der Waals surface area contributed by atoms with Crippen molar-refractivity contribution in [1.82, 2.24) is 29.8 Å². The Balaban J connectivity index is 0.00000192. The molecule has 2 heterocycles. The van der Waals surface area contributed by atoms with Gasteiger partial charge in [-0.1, -0.05) is 6.07 Å². The summed E-state index contributed by atoms with van der Waals surface area (Å²) in [4.78, 5) is 0.261. The molecule has 0 amide bonds. The number of benzene rings is 1. The molecule has 1 aliphatic heterocycles. The summed E-state index contributed by atoms with van der Waals surface area (Å²) in [6.45, 7) is 1.05. The highest BCUT2D eigenvalue weighted by atomic mass is 35.5. The number of aromatic nitrogens is 4. The number of rotatable bonds is 4. The molecule has 126 valence electrons. The van der Waals surface area contributed by atoms with E-state index in [0.717, 1.165) is 12.8 Å². The van der Waals surface area contributed by atoms with E-state index in [0.29, 0.717) is 18.8 Å². The lowest BCUT2D eigenvalue weighted by molar-refractivity contribution is 0.293. The maximum Gasteiger partial charge on any atom is 0.243 e. The molecule has 0 spiro atoms. The van der Waals surface area contributed by atoms with Crippen molar-refractivity contribution < 1.29 is 8.42 Å². The molecule has 10 heteroatoms. The molecule has 8 nitrogen and oxygen atoms in total. The number of likely N-dealkylation sites (N-methyl/N-ethyl adjacent to an activating group) is 1. The van der Waals surface area contributed by atoms with E-state index in [1.165, 1.54) is 15.3 Å². The Morgan fingerprint density at radius 1 is 1.35 bits per heavy atom. The smallest absolute Gasteiger partial charge is 0.243 e. The molecule has 1 unspecified atom stereocenters. The molecule has 1 N–H and O–H groups in total. The van der Waals surface area contributed by atoms with Crippen LogP contribution in [0.4, 0.5) is 0 Å². The van der Waals surface area contributed by atoms with Crippen molar-refractivity contribution in [3.63, 3.8) is 0 Å². The fraction of sp³-hybridized carbons (Fsp3) is 0.462. The van der Waals surface area contributed by atoms with Crippen molar-refractivity contribution in [3.8, 4) is 5.69 Å². The molecule has 0 radical (unpaired) electrons. The van der Waals surface area contributed by atoms with E-state index in [1.54, 1.807) is 24.3 Å². The van der Waals surface area contributed by atoms with Crippen LogP contribution in [0.25, 0.3) is 5.69 Å². The molecular formula is C13H19ClN6O2S. The maximum atomic E-state index is 12.8. The quantitative estimate of drug-likeness (QED) is 0.853. The second-order valence-corrected chi connectivity index (χ2v) is 7.18. The Bertz CT molecular complexity index is 737. The van der Waals surface area contributed by atoms with Gasteiger partial charge in [0.1, 0.15) is 6.33 Å². The van der Waals surface area contributed by atoms with Crippen LogP contribution in [0, 0.1) is 0 Å². The van der Waals surface area contributed by atoms with Gasteiger partial charge in [0, 0.05) is 19.1 Å². The molecule has 1 aromatic carbocycles. The van der Waals surface area contributed by atoms with Gasteiger partial charge in [0.25, 0.3) is 0 Å². The van der Waals surface area contributed by atoms with Gasteiger partial charge in [0.2, 0.25) is 10.0 Å². The summed E-state index contributed by atoms with van der Waals surface area (Å²) in [7, 11) is -1.65. The zero-order chi connectivity index (χ0) is 15.6. The van der Waals surface area contributed by atoms with Crippen LogP contribution in [-0.4, -0.2) is 59.1 Å². The van der Waals surface area contributed by atoms with Gasteiger partial charge < -0.3 is 5.32 Å². The van der Waals surface area contributed by atoms with Crippen molar-refractivity contribution in [2.75, 3.05) is 20.1 Å². The van der Waals surface area contributed by atoms with E-state index < -0.39 is 10.0 Å². The van der Waals surface area contributed by atoms with E-state index in [1.807, 2.05) is 7.05 Å². The standard InChI is InChI=1S/C13H18N6O2S.ClH/c1-14-11-4-3-7-18(9-11)22(20,21)13-6-2-5-12(8-13)19-10-15-16-17-19;/h2,5-6,8,10-11,14H,3-4,7,9H2,1H3;1H. The van der Waals surface area contributed by atoms with Crippen molar-refractivity contribution in [1.29, 1.82) is 0 Å². The Labute approximate surface area is 141 Å². The number of nitrogens with zero attached hydrogens (tertiary/aromatic N) is 5. The SMILES string of the molecule is CNC1CCCN(S(=O)(=O)c2cccc(-n3cnnn3)c2)C1.Cl. The number of piperidine rings is 1. The van der Waals surface area contributed by atoms with Gasteiger partial charge in [-0.25, -0.2) is 13.1 Å². The van der Waals surface area contributed by atoms with Crippen LogP contribution in [0.1, 0.15) is 12.8 Å². The largest absolute Gasteiger partial charge is 0.316 e. The molecular weight excluding hydrogens is 340 g/mol. The number of tetrazole rings is 1. The van der Waals surface area contributed by atoms with Crippen LogP contribution in [-0.2, 0) is 10.0 Å². The van der Waals surface area contributed by atoms with E-state index in [2.05, 4.69) is 20.8 Å². The Kier molecular flexibility index (Phi) is 5.69. The Morgan fingerprint density at radius 3 is 2.87 bits per heavy atom. The molecule has 1 fully saturated rings. The topological polar surface area (TPSA) is 93.0 Å². The molecule has 1 atom stereocenters. The summed E-state index contributed by atoms with van der Waals surface area (Å²) in [5, 5.41) is 14.1. The normalized spacial score (nSPS) is 19.3. The lowest BCUT2D eigenvalue weighted by Crippen LogP contribution is -2.46. The lowest BCUT2D eigenvalue weighted by Gasteiger charge is -2.31. The third kappa shape index (κ3) is 3.69. The number of nitrogens with one attached hydrogen (secondary N) is 1. The molecule has 1 saturated heterocycles. The van der Waals surface area contributed by atoms with Gasteiger partial charge in [-0.15, -0.1) is 17.5 Å². The Morgan fingerprint density at radius 2 is 2.17 bits per heavy atom. The molecule has 0 bridgehead atoms. The summed E-state index contributed by atoms with van der Waals surface area (Å²) in [6, 6.07) is 6.86. The molecule has 3 rings (SSSR count). The Hall–Kier alpha value is -1.55. The fourth-order valence-corrected chi connectivity index (χ4v) is 4.18. The second kappa shape index (κ2) is 7.35. The number of sulfonamides is 1. The first kappa shape index (κ1) is 17.8. The average Bonchev–Trinajstić information content (AvgIpc) is 3.09. The highest BCUT2D eigenvalue weighted by molar-refractivity contribution is 7.89. The maximum absolute atomic E-state index is 12.8. The minimum atomic E-state index is -3.51. The van der Waals surface area contributed by atoms with Gasteiger partial charge in [-0.2, -0.15) is 4.31 Å². The van der Waals surface area contributed by atoms with E-state index in [4.69, 9.17) is 0 Å². The summed E-state index contributed by atoms with van der Waals surface area (Å²) >= 11 is 0. The zero-order valence-electron chi connectivity index (χ0n) is 12.7. The molecule has 0 saturated carbocycles. The van der Waals surface area contributed by atoms with E-state index in [-0.39, 0.29) is 23.3 Å². The number of halogens is 1. The van der Waals surface area contributed by atoms with E-state index >= 15 is 0 Å². The molecule has 23 heavy (non-hydrogen) atoms. The predicted molar refractivity (Wildman–Crippen MR) is 87.2 cm³/mol. The first-order valence-electron chi connectivity index (χ1n) is 7.12. The summed E-state index contributed by atoms with van der Waals surface area (Å²) in [5.74, 6) is 0. The fourth-order valence-electron chi connectivity index (χ4n) is 2.61. The zero-order valence-corrected chi connectivity index (χ0v) is 14.3. The van der Waals surface area contributed by atoms with Gasteiger partial charge in [-0.3, -0.25) is 0 Å². The highest BCUT2D eigenvalue weighted by Gasteiger charge is 2.29. The van der Waals surface area contributed by atoms with Gasteiger partial charge in [0.05, 0.1) is 10.6 Å². The third-order valence-corrected chi connectivity index (χ3v) is 5.72. The van der Waals surface area contributed by atoms with Crippen LogP contribution in [0.5, 0.6) is 0 Å². The van der Waals surface area contributed by atoms with Crippen LogP contribution in [0.2, 0.25) is 0 Å². The lowest BCUT2D eigenvalue weighted by atomic mass is 10.1. The summed E-state index contributed by atoms with van der Waals surface area (Å²) in [6.07, 6.45) is 3.29.